The molecule has 92 valence electrons. The Morgan fingerprint density at radius 1 is 1.47 bits per heavy atom. The van der Waals surface area contributed by atoms with Crippen molar-refractivity contribution in [2.75, 3.05) is 6.54 Å². The summed E-state index contributed by atoms with van der Waals surface area (Å²) >= 11 is 0. The molecule has 1 aromatic rings. The SMILES string of the molecule is CC(C)CNC(=O)c1cccc(/C(N)=N/O)c1. The molecule has 0 saturated heterocycles. The first-order valence-electron chi connectivity index (χ1n) is 5.40. The molecule has 1 amide bonds. The van der Waals surface area contributed by atoms with Crippen molar-refractivity contribution in [1.82, 2.24) is 5.32 Å². The summed E-state index contributed by atoms with van der Waals surface area (Å²) in [6, 6.07) is 6.64. The topological polar surface area (TPSA) is 87.7 Å². The van der Waals surface area contributed by atoms with Crippen LogP contribution < -0.4 is 11.1 Å². The molecule has 0 unspecified atom stereocenters. The van der Waals surface area contributed by atoms with Gasteiger partial charge in [0, 0.05) is 17.7 Å². The Bertz CT molecular complexity index is 428. The smallest absolute Gasteiger partial charge is 0.251 e. The van der Waals surface area contributed by atoms with Crippen LogP contribution in [0, 0.1) is 5.92 Å². The van der Waals surface area contributed by atoms with Crippen LogP contribution in [0.5, 0.6) is 0 Å². The number of hydrogen-bond acceptors (Lipinski definition) is 3. The quantitative estimate of drug-likeness (QED) is 0.317. The molecule has 0 aliphatic rings. The Morgan fingerprint density at radius 2 is 2.12 bits per heavy atom. The third-order valence-electron chi connectivity index (χ3n) is 2.20. The van der Waals surface area contributed by atoms with E-state index in [-0.39, 0.29) is 11.7 Å². The van der Waals surface area contributed by atoms with Gasteiger partial charge in [-0.15, -0.1) is 0 Å². The number of nitrogens with two attached hydrogens (primary N) is 1. The molecule has 5 nitrogen and oxygen atoms in total. The number of carbonyl (C=O) groups excluding carboxylic acids is 1. The van der Waals surface area contributed by atoms with Crippen molar-refractivity contribution in [2.24, 2.45) is 16.8 Å². The molecule has 17 heavy (non-hydrogen) atoms. The molecule has 0 aromatic heterocycles. The highest BCUT2D eigenvalue weighted by atomic mass is 16.4. The highest BCUT2D eigenvalue weighted by Crippen LogP contribution is 2.05. The largest absolute Gasteiger partial charge is 0.409 e. The summed E-state index contributed by atoms with van der Waals surface area (Å²) in [6.45, 7) is 4.66. The molecule has 0 saturated carbocycles. The van der Waals surface area contributed by atoms with Crippen LogP contribution in [-0.4, -0.2) is 23.5 Å². The van der Waals surface area contributed by atoms with Crippen molar-refractivity contribution >= 4 is 11.7 Å². The van der Waals surface area contributed by atoms with Gasteiger partial charge in [0.25, 0.3) is 5.91 Å². The fourth-order valence-electron chi connectivity index (χ4n) is 1.28. The van der Waals surface area contributed by atoms with Crippen LogP contribution in [0.3, 0.4) is 0 Å². The van der Waals surface area contributed by atoms with E-state index in [9.17, 15) is 4.79 Å². The maximum Gasteiger partial charge on any atom is 0.251 e. The van der Waals surface area contributed by atoms with Crippen LogP contribution >= 0.6 is 0 Å². The van der Waals surface area contributed by atoms with E-state index in [0.717, 1.165) is 0 Å². The van der Waals surface area contributed by atoms with Gasteiger partial charge in [-0.05, 0) is 18.1 Å². The van der Waals surface area contributed by atoms with E-state index in [2.05, 4.69) is 10.5 Å². The summed E-state index contributed by atoms with van der Waals surface area (Å²) in [7, 11) is 0. The average molecular weight is 235 g/mol. The number of rotatable bonds is 4. The molecular weight excluding hydrogens is 218 g/mol. The van der Waals surface area contributed by atoms with E-state index in [1.165, 1.54) is 0 Å². The number of hydrogen-bond donors (Lipinski definition) is 3. The molecular formula is C12H17N3O2. The molecule has 4 N–H and O–H groups in total. The number of benzene rings is 1. The Kier molecular flexibility index (Phi) is 4.51. The first kappa shape index (κ1) is 13.0. The van der Waals surface area contributed by atoms with Crippen LogP contribution in [0.1, 0.15) is 29.8 Å². The molecule has 0 radical (unpaired) electrons. The summed E-state index contributed by atoms with van der Waals surface area (Å²) < 4.78 is 0. The van der Waals surface area contributed by atoms with Gasteiger partial charge in [0.15, 0.2) is 5.84 Å². The van der Waals surface area contributed by atoms with Gasteiger partial charge in [-0.2, -0.15) is 0 Å². The highest BCUT2D eigenvalue weighted by Gasteiger charge is 2.08. The van der Waals surface area contributed by atoms with E-state index in [4.69, 9.17) is 10.9 Å². The highest BCUT2D eigenvalue weighted by molar-refractivity contribution is 6.01. The lowest BCUT2D eigenvalue weighted by molar-refractivity contribution is 0.0949. The molecule has 0 bridgehead atoms. The molecule has 0 atom stereocenters. The van der Waals surface area contributed by atoms with Crippen LogP contribution in [0.25, 0.3) is 0 Å². The zero-order chi connectivity index (χ0) is 12.8. The van der Waals surface area contributed by atoms with Crippen molar-refractivity contribution in [2.45, 2.75) is 13.8 Å². The van der Waals surface area contributed by atoms with E-state index >= 15 is 0 Å². The van der Waals surface area contributed by atoms with Gasteiger partial charge >= 0.3 is 0 Å². The lowest BCUT2D eigenvalue weighted by Gasteiger charge is -2.08. The summed E-state index contributed by atoms with van der Waals surface area (Å²) in [5.41, 5.74) is 6.47. The van der Waals surface area contributed by atoms with Crippen LogP contribution in [-0.2, 0) is 0 Å². The molecule has 5 heteroatoms. The van der Waals surface area contributed by atoms with E-state index in [1.807, 2.05) is 13.8 Å². The van der Waals surface area contributed by atoms with Crippen LogP contribution in [0.2, 0.25) is 0 Å². The Labute approximate surface area is 100 Å². The number of amidine groups is 1. The lowest BCUT2D eigenvalue weighted by atomic mass is 10.1. The Hall–Kier alpha value is -2.04. The minimum atomic E-state index is -0.161. The Morgan fingerprint density at radius 3 is 2.71 bits per heavy atom. The van der Waals surface area contributed by atoms with Gasteiger partial charge < -0.3 is 16.3 Å². The van der Waals surface area contributed by atoms with Crippen molar-refractivity contribution in [3.8, 4) is 0 Å². The average Bonchev–Trinajstić information content (AvgIpc) is 2.35. The molecule has 1 rings (SSSR count). The van der Waals surface area contributed by atoms with Gasteiger partial charge in [0.1, 0.15) is 0 Å². The fraction of sp³-hybridized carbons (Fsp3) is 0.333. The third kappa shape index (κ3) is 3.79. The third-order valence-corrected chi connectivity index (χ3v) is 2.20. The number of nitrogens with zero attached hydrogens (tertiary/aromatic N) is 1. The second-order valence-electron chi connectivity index (χ2n) is 4.17. The summed E-state index contributed by atoms with van der Waals surface area (Å²) in [4.78, 5) is 11.8. The summed E-state index contributed by atoms with van der Waals surface area (Å²) in [6.07, 6.45) is 0. The van der Waals surface area contributed by atoms with Crippen molar-refractivity contribution in [1.29, 1.82) is 0 Å². The predicted octanol–water partition coefficient (Wildman–Crippen LogP) is 1.17. The predicted molar refractivity (Wildman–Crippen MR) is 66.1 cm³/mol. The molecule has 1 aromatic carbocycles. The van der Waals surface area contributed by atoms with Crippen molar-refractivity contribution in [3.05, 3.63) is 35.4 Å². The fourth-order valence-corrected chi connectivity index (χ4v) is 1.28. The summed E-state index contributed by atoms with van der Waals surface area (Å²) in [5.74, 6) is 0.223. The van der Waals surface area contributed by atoms with E-state index < -0.39 is 0 Å². The second-order valence-corrected chi connectivity index (χ2v) is 4.17. The van der Waals surface area contributed by atoms with Crippen molar-refractivity contribution < 1.29 is 10.0 Å². The van der Waals surface area contributed by atoms with Gasteiger partial charge in [0.05, 0.1) is 0 Å². The number of nitrogens with one attached hydrogen (secondary N) is 1. The molecule has 0 fully saturated rings. The number of oxime groups is 1. The normalized spacial score (nSPS) is 11.6. The minimum Gasteiger partial charge on any atom is -0.409 e. The standard InChI is InChI=1S/C12H17N3O2/c1-8(2)7-14-12(16)10-5-3-4-9(6-10)11(13)15-17/h3-6,8,17H,7H2,1-2H3,(H2,13,15)(H,14,16). The zero-order valence-corrected chi connectivity index (χ0v) is 9.97. The van der Waals surface area contributed by atoms with Crippen LogP contribution in [0.4, 0.5) is 0 Å². The van der Waals surface area contributed by atoms with E-state index in [1.54, 1.807) is 24.3 Å². The summed E-state index contributed by atoms with van der Waals surface area (Å²) in [5, 5.41) is 14.3. The zero-order valence-electron chi connectivity index (χ0n) is 9.97. The molecule has 0 aliphatic heterocycles. The van der Waals surface area contributed by atoms with Gasteiger partial charge in [-0.25, -0.2) is 0 Å². The van der Waals surface area contributed by atoms with Gasteiger partial charge in [0.2, 0.25) is 0 Å². The monoisotopic (exact) mass is 235 g/mol. The molecule has 0 heterocycles. The molecule has 0 aliphatic carbocycles. The van der Waals surface area contributed by atoms with Gasteiger partial charge in [-0.3, -0.25) is 4.79 Å². The maximum absolute atomic E-state index is 11.8. The van der Waals surface area contributed by atoms with Gasteiger partial charge in [-0.1, -0.05) is 31.1 Å². The maximum atomic E-state index is 11.8. The minimum absolute atomic E-state index is 0.0106. The molecule has 0 spiro atoms. The number of amides is 1. The first-order chi connectivity index (χ1) is 8.04. The number of carbonyl (C=O) groups is 1. The lowest BCUT2D eigenvalue weighted by Crippen LogP contribution is -2.27. The second kappa shape index (κ2) is 5.89. The first-order valence-corrected chi connectivity index (χ1v) is 5.40. The van der Waals surface area contributed by atoms with E-state index in [0.29, 0.717) is 23.6 Å². The van der Waals surface area contributed by atoms with Crippen LogP contribution in [0.15, 0.2) is 29.4 Å². The Balaban J connectivity index is 2.81. The van der Waals surface area contributed by atoms with Crippen molar-refractivity contribution in [3.63, 3.8) is 0 Å².